The van der Waals surface area contributed by atoms with Gasteiger partial charge < -0.3 is 20.4 Å². The van der Waals surface area contributed by atoms with E-state index in [-0.39, 0.29) is 42.2 Å². The highest BCUT2D eigenvalue weighted by Gasteiger charge is 2.28. The van der Waals surface area contributed by atoms with Crippen molar-refractivity contribution in [2.24, 2.45) is 11.7 Å². The fourth-order valence-corrected chi connectivity index (χ4v) is 3.24. The second-order valence-electron chi connectivity index (χ2n) is 6.78. The molecule has 7 heteroatoms. The minimum absolute atomic E-state index is 0. The topological polar surface area (TPSA) is 88.6 Å². The van der Waals surface area contributed by atoms with E-state index in [2.05, 4.69) is 5.32 Å². The Morgan fingerprint density at radius 2 is 1.81 bits per heavy atom. The van der Waals surface area contributed by atoms with Crippen LogP contribution in [0.1, 0.15) is 41.9 Å². The maximum atomic E-state index is 12.5. The molecule has 0 spiro atoms. The van der Waals surface area contributed by atoms with Gasteiger partial charge in [0.05, 0.1) is 12.2 Å². The van der Waals surface area contributed by atoms with Crippen molar-refractivity contribution in [2.75, 3.05) is 13.1 Å². The summed E-state index contributed by atoms with van der Waals surface area (Å²) in [5, 5.41) is 3.08. The lowest BCUT2D eigenvalue weighted by Gasteiger charge is -2.33. The Labute approximate surface area is 165 Å². The van der Waals surface area contributed by atoms with Crippen LogP contribution in [0.25, 0.3) is 0 Å². The molecule has 0 aliphatic carbocycles. The van der Waals surface area contributed by atoms with Gasteiger partial charge in [0.1, 0.15) is 0 Å². The molecule has 1 aromatic carbocycles. The van der Waals surface area contributed by atoms with Gasteiger partial charge in [0.25, 0.3) is 5.91 Å². The molecule has 0 saturated carbocycles. The minimum Gasteiger partial charge on any atom is -0.459 e. The monoisotopic (exact) mass is 391 g/mol. The van der Waals surface area contributed by atoms with Crippen molar-refractivity contribution in [3.8, 4) is 0 Å². The first-order valence-corrected chi connectivity index (χ1v) is 9.00. The summed E-state index contributed by atoms with van der Waals surface area (Å²) in [7, 11) is 0. The van der Waals surface area contributed by atoms with Crippen molar-refractivity contribution in [3.63, 3.8) is 0 Å². The van der Waals surface area contributed by atoms with Gasteiger partial charge in [0, 0.05) is 25.2 Å². The van der Waals surface area contributed by atoms with E-state index in [0.29, 0.717) is 18.8 Å². The van der Waals surface area contributed by atoms with Gasteiger partial charge in [-0.15, -0.1) is 12.4 Å². The first-order valence-electron chi connectivity index (χ1n) is 9.00. The van der Waals surface area contributed by atoms with Gasteiger partial charge in [-0.2, -0.15) is 0 Å². The largest absolute Gasteiger partial charge is 0.459 e. The zero-order chi connectivity index (χ0) is 18.5. The van der Waals surface area contributed by atoms with Crippen LogP contribution in [0.5, 0.6) is 0 Å². The van der Waals surface area contributed by atoms with E-state index in [1.165, 1.54) is 6.26 Å². The Morgan fingerprint density at radius 1 is 1.15 bits per heavy atom. The Balaban J connectivity index is 0.00000261. The number of likely N-dealkylation sites (tertiary alicyclic amines) is 1. The van der Waals surface area contributed by atoms with Crippen LogP contribution in [-0.2, 0) is 4.79 Å². The van der Waals surface area contributed by atoms with E-state index >= 15 is 0 Å². The van der Waals surface area contributed by atoms with Crippen LogP contribution in [0, 0.1) is 5.92 Å². The third kappa shape index (κ3) is 5.11. The lowest BCUT2D eigenvalue weighted by atomic mass is 9.94. The molecule has 1 aromatic heterocycles. The van der Waals surface area contributed by atoms with Gasteiger partial charge in [-0.05, 0) is 30.5 Å². The van der Waals surface area contributed by atoms with Gasteiger partial charge in [-0.25, -0.2) is 0 Å². The van der Waals surface area contributed by atoms with Gasteiger partial charge in [-0.1, -0.05) is 37.3 Å². The number of amides is 2. The predicted octanol–water partition coefficient (Wildman–Crippen LogP) is 2.76. The molecule has 1 saturated heterocycles. The van der Waals surface area contributed by atoms with Gasteiger partial charge >= 0.3 is 0 Å². The number of rotatable bonds is 5. The molecule has 2 heterocycles. The molecule has 146 valence electrons. The van der Waals surface area contributed by atoms with E-state index < -0.39 is 0 Å². The summed E-state index contributed by atoms with van der Waals surface area (Å²) >= 11 is 0. The smallest absolute Gasteiger partial charge is 0.289 e. The van der Waals surface area contributed by atoms with Gasteiger partial charge in [0.2, 0.25) is 5.91 Å². The van der Waals surface area contributed by atoms with Crippen molar-refractivity contribution in [1.82, 2.24) is 10.2 Å². The fraction of sp³-hybridized carbons (Fsp3) is 0.400. The molecular formula is C20H26ClN3O3. The molecule has 2 amide bonds. The quantitative estimate of drug-likeness (QED) is 0.820. The highest BCUT2D eigenvalue weighted by atomic mass is 35.5. The molecule has 27 heavy (non-hydrogen) atoms. The third-order valence-electron chi connectivity index (χ3n) is 5.00. The van der Waals surface area contributed by atoms with Gasteiger partial charge in [-0.3, -0.25) is 9.59 Å². The lowest BCUT2D eigenvalue weighted by Crippen LogP contribution is -2.48. The van der Waals surface area contributed by atoms with E-state index in [9.17, 15) is 9.59 Å². The van der Waals surface area contributed by atoms with Gasteiger partial charge in [0.15, 0.2) is 5.76 Å². The number of benzene rings is 1. The Bertz CT molecular complexity index is 728. The third-order valence-corrected chi connectivity index (χ3v) is 5.00. The Hall–Kier alpha value is -2.31. The second-order valence-corrected chi connectivity index (χ2v) is 6.78. The molecule has 0 bridgehead atoms. The van der Waals surface area contributed by atoms with E-state index in [1.54, 1.807) is 17.0 Å². The van der Waals surface area contributed by atoms with Crippen molar-refractivity contribution < 1.29 is 14.0 Å². The summed E-state index contributed by atoms with van der Waals surface area (Å²) in [6, 6.07) is 12.8. The molecular weight excluding hydrogens is 366 g/mol. The number of halogens is 1. The predicted molar refractivity (Wildman–Crippen MR) is 106 cm³/mol. The molecule has 3 rings (SSSR count). The number of nitrogens with one attached hydrogen (secondary N) is 1. The van der Waals surface area contributed by atoms with Crippen molar-refractivity contribution in [2.45, 2.75) is 31.8 Å². The van der Waals surface area contributed by atoms with Crippen molar-refractivity contribution in [3.05, 3.63) is 60.1 Å². The zero-order valence-corrected chi connectivity index (χ0v) is 16.2. The number of piperidine rings is 1. The molecule has 2 unspecified atom stereocenters. The molecule has 1 fully saturated rings. The van der Waals surface area contributed by atoms with E-state index in [4.69, 9.17) is 10.2 Å². The highest BCUT2D eigenvalue weighted by Crippen LogP contribution is 2.20. The van der Waals surface area contributed by atoms with Crippen molar-refractivity contribution in [1.29, 1.82) is 0 Å². The molecule has 6 nitrogen and oxygen atoms in total. The number of hydrogen-bond acceptors (Lipinski definition) is 4. The minimum atomic E-state index is -0.336. The maximum absolute atomic E-state index is 12.5. The number of nitrogens with zero attached hydrogens (tertiary/aromatic N) is 1. The number of carbonyl (C=O) groups is 2. The van der Waals surface area contributed by atoms with Crippen LogP contribution in [0.3, 0.4) is 0 Å². The summed E-state index contributed by atoms with van der Waals surface area (Å²) in [5.74, 6) is -0.105. The van der Waals surface area contributed by atoms with Crippen LogP contribution in [0.15, 0.2) is 53.1 Å². The fourth-order valence-electron chi connectivity index (χ4n) is 3.24. The standard InChI is InChI=1S/C20H25N3O3.ClH/c1-14(18(21)15-6-3-2-4-7-15)19(24)22-16-9-11-23(12-10-16)20(25)17-8-5-13-26-17;/h2-8,13-14,16,18H,9-12,21H2,1H3,(H,22,24);1H. The maximum Gasteiger partial charge on any atom is 0.289 e. The first-order chi connectivity index (χ1) is 12.6. The SMILES string of the molecule is CC(C(=O)NC1CCN(C(=O)c2ccco2)CC1)C(N)c1ccccc1.Cl. The zero-order valence-electron chi connectivity index (χ0n) is 15.3. The van der Waals surface area contributed by atoms with Crippen LogP contribution in [0.2, 0.25) is 0 Å². The summed E-state index contributed by atoms with van der Waals surface area (Å²) in [4.78, 5) is 26.6. The first kappa shape index (κ1) is 21.0. The summed E-state index contributed by atoms with van der Waals surface area (Å²) < 4.78 is 5.16. The number of furan rings is 1. The average Bonchev–Trinajstić information content (AvgIpc) is 3.22. The average molecular weight is 392 g/mol. The molecule has 3 N–H and O–H groups in total. The van der Waals surface area contributed by atoms with Crippen LogP contribution >= 0.6 is 12.4 Å². The van der Waals surface area contributed by atoms with Crippen LogP contribution in [0.4, 0.5) is 0 Å². The highest BCUT2D eigenvalue weighted by molar-refractivity contribution is 5.91. The number of hydrogen-bond donors (Lipinski definition) is 2. The molecule has 2 aromatic rings. The Morgan fingerprint density at radius 3 is 2.41 bits per heavy atom. The van der Waals surface area contributed by atoms with Crippen LogP contribution in [-0.4, -0.2) is 35.8 Å². The van der Waals surface area contributed by atoms with Crippen LogP contribution < -0.4 is 11.1 Å². The Kier molecular flexibility index (Phi) is 7.45. The second kappa shape index (κ2) is 9.58. The summed E-state index contributed by atoms with van der Waals surface area (Å²) in [6.45, 7) is 3.05. The number of nitrogens with two attached hydrogens (primary N) is 1. The van der Waals surface area contributed by atoms with Crippen molar-refractivity contribution >= 4 is 24.2 Å². The normalized spacial score (nSPS) is 16.9. The van der Waals surface area contributed by atoms with E-state index in [1.807, 2.05) is 37.3 Å². The summed E-state index contributed by atoms with van der Waals surface area (Å²) in [5.41, 5.74) is 7.19. The van der Waals surface area contributed by atoms with E-state index in [0.717, 1.165) is 18.4 Å². The molecule has 1 aliphatic heterocycles. The molecule has 2 atom stereocenters. The molecule has 1 aliphatic rings. The lowest BCUT2D eigenvalue weighted by molar-refractivity contribution is -0.126. The number of carbonyl (C=O) groups excluding carboxylic acids is 2. The molecule has 0 radical (unpaired) electrons. The summed E-state index contributed by atoms with van der Waals surface area (Å²) in [6.07, 6.45) is 2.95.